The lowest BCUT2D eigenvalue weighted by Gasteiger charge is -2.55. The molecule has 2 aliphatic rings. The van der Waals surface area contributed by atoms with E-state index in [2.05, 4.69) is 21.8 Å². The second-order valence-corrected chi connectivity index (χ2v) is 5.49. The molecule has 2 fully saturated rings. The summed E-state index contributed by atoms with van der Waals surface area (Å²) in [6.07, 6.45) is 3.23. The van der Waals surface area contributed by atoms with Gasteiger partial charge in [0.15, 0.2) is 5.75 Å². The molecule has 5 heteroatoms. The van der Waals surface area contributed by atoms with Gasteiger partial charge in [-0.15, -0.1) is 0 Å². The second kappa shape index (κ2) is 4.98. The van der Waals surface area contributed by atoms with Crippen molar-refractivity contribution < 1.29 is 9.47 Å². The van der Waals surface area contributed by atoms with Crippen LogP contribution in [0.15, 0.2) is 12.3 Å². The van der Waals surface area contributed by atoms with Crippen LogP contribution < -0.4 is 9.47 Å². The number of likely N-dealkylation sites (tertiary alicyclic amines) is 2. The van der Waals surface area contributed by atoms with Crippen LogP contribution >= 0.6 is 0 Å². The lowest BCUT2D eigenvalue weighted by atomic mass is 9.87. The molecule has 2 atom stereocenters. The Hall–Kier alpha value is -1.33. The summed E-state index contributed by atoms with van der Waals surface area (Å²) in [7, 11) is 5.46. The van der Waals surface area contributed by atoms with Crippen molar-refractivity contribution in [2.75, 3.05) is 34.4 Å². The first-order valence-electron chi connectivity index (χ1n) is 6.72. The maximum atomic E-state index is 5.31. The summed E-state index contributed by atoms with van der Waals surface area (Å²) < 4.78 is 10.5. The number of piperazine rings is 1. The van der Waals surface area contributed by atoms with Gasteiger partial charge in [-0.1, -0.05) is 0 Å². The number of fused-ring (bicyclic) bond motifs is 2. The predicted molar refractivity (Wildman–Crippen MR) is 72.6 cm³/mol. The maximum absolute atomic E-state index is 5.31. The summed E-state index contributed by atoms with van der Waals surface area (Å²) in [5.74, 6) is 1.26. The number of methoxy groups -OCH3 is 2. The van der Waals surface area contributed by atoms with Gasteiger partial charge in [-0.3, -0.25) is 4.90 Å². The minimum absolute atomic E-state index is 0.551. The number of nitrogens with zero attached hydrogens (tertiary/aromatic N) is 3. The Kier molecular flexibility index (Phi) is 3.33. The van der Waals surface area contributed by atoms with E-state index in [1.165, 1.54) is 25.1 Å². The highest BCUT2D eigenvalue weighted by Gasteiger charge is 2.43. The third-order valence-corrected chi connectivity index (χ3v) is 4.18. The first kappa shape index (κ1) is 12.7. The fraction of sp³-hybridized carbons (Fsp3) is 0.643. The molecule has 0 spiro atoms. The molecule has 0 radical (unpaired) electrons. The van der Waals surface area contributed by atoms with E-state index in [4.69, 9.17) is 9.47 Å². The number of likely N-dealkylation sites (N-methyl/N-ethyl adjacent to an activating group) is 1. The second-order valence-electron chi connectivity index (χ2n) is 5.49. The van der Waals surface area contributed by atoms with E-state index >= 15 is 0 Å². The van der Waals surface area contributed by atoms with Crippen LogP contribution in [0.5, 0.6) is 11.6 Å². The van der Waals surface area contributed by atoms with Crippen molar-refractivity contribution in [2.45, 2.75) is 25.0 Å². The average Bonchev–Trinajstić information content (AvgIpc) is 2.44. The third kappa shape index (κ3) is 2.28. The SMILES string of the molecule is COc1cc(CN2C3CC2CN(C)C3)cnc1OC. The van der Waals surface area contributed by atoms with Gasteiger partial charge in [0.25, 0.3) is 5.88 Å². The first-order chi connectivity index (χ1) is 9.21. The minimum Gasteiger partial charge on any atom is -0.491 e. The molecule has 104 valence electrons. The topological polar surface area (TPSA) is 37.8 Å². The van der Waals surface area contributed by atoms with Gasteiger partial charge in [0.1, 0.15) is 0 Å². The van der Waals surface area contributed by atoms with Crippen LogP contribution in [0.2, 0.25) is 0 Å². The molecule has 3 rings (SSSR count). The number of aromatic nitrogens is 1. The molecule has 3 heterocycles. The fourth-order valence-corrected chi connectivity index (χ4v) is 3.23. The van der Waals surface area contributed by atoms with E-state index in [-0.39, 0.29) is 0 Å². The van der Waals surface area contributed by atoms with Crippen LogP contribution in [0.25, 0.3) is 0 Å². The molecule has 2 saturated heterocycles. The number of ether oxygens (including phenoxy) is 2. The van der Waals surface area contributed by atoms with Gasteiger partial charge in [-0.2, -0.15) is 0 Å². The number of pyridine rings is 1. The predicted octanol–water partition coefficient (Wildman–Crippen LogP) is 0.987. The van der Waals surface area contributed by atoms with E-state index in [1.807, 2.05) is 12.3 Å². The Balaban J connectivity index is 1.71. The Morgan fingerprint density at radius 1 is 1.26 bits per heavy atom. The molecule has 2 aliphatic heterocycles. The van der Waals surface area contributed by atoms with Gasteiger partial charge < -0.3 is 14.4 Å². The lowest BCUT2D eigenvalue weighted by Crippen LogP contribution is -2.67. The zero-order chi connectivity index (χ0) is 13.4. The van der Waals surface area contributed by atoms with Crippen LogP contribution in [0.4, 0.5) is 0 Å². The Bertz CT molecular complexity index is 454. The van der Waals surface area contributed by atoms with E-state index < -0.39 is 0 Å². The normalized spacial score (nSPS) is 26.9. The molecule has 0 aromatic carbocycles. The zero-order valence-electron chi connectivity index (χ0n) is 11.8. The van der Waals surface area contributed by atoms with Gasteiger partial charge in [0.05, 0.1) is 14.2 Å². The minimum atomic E-state index is 0.551. The molecular weight excluding hydrogens is 242 g/mol. The molecule has 5 nitrogen and oxygen atoms in total. The van der Waals surface area contributed by atoms with Gasteiger partial charge in [-0.05, 0) is 25.1 Å². The largest absolute Gasteiger partial charge is 0.491 e. The highest BCUT2D eigenvalue weighted by atomic mass is 16.5. The Morgan fingerprint density at radius 3 is 2.63 bits per heavy atom. The Labute approximate surface area is 114 Å². The number of hydrogen-bond donors (Lipinski definition) is 0. The quantitative estimate of drug-likeness (QED) is 0.810. The summed E-state index contributed by atoms with van der Waals surface area (Å²) in [4.78, 5) is 9.30. The maximum Gasteiger partial charge on any atom is 0.256 e. The molecule has 0 amide bonds. The molecule has 0 saturated carbocycles. The summed E-state index contributed by atoms with van der Waals surface area (Å²) >= 11 is 0. The molecule has 2 unspecified atom stereocenters. The number of piperidine rings is 1. The molecule has 1 aromatic heterocycles. The number of hydrogen-bond acceptors (Lipinski definition) is 5. The average molecular weight is 263 g/mol. The van der Waals surface area contributed by atoms with E-state index in [0.717, 1.165) is 6.54 Å². The summed E-state index contributed by atoms with van der Waals surface area (Å²) in [5.41, 5.74) is 1.19. The van der Waals surface area contributed by atoms with Crippen molar-refractivity contribution in [3.63, 3.8) is 0 Å². The third-order valence-electron chi connectivity index (χ3n) is 4.18. The first-order valence-corrected chi connectivity index (χ1v) is 6.72. The Morgan fingerprint density at radius 2 is 2.00 bits per heavy atom. The van der Waals surface area contributed by atoms with Crippen molar-refractivity contribution in [2.24, 2.45) is 0 Å². The van der Waals surface area contributed by atoms with Crippen molar-refractivity contribution in [1.29, 1.82) is 0 Å². The van der Waals surface area contributed by atoms with Crippen LogP contribution in [0, 0.1) is 0 Å². The number of rotatable bonds is 4. The van der Waals surface area contributed by atoms with Crippen LogP contribution in [-0.4, -0.2) is 61.2 Å². The molecule has 0 N–H and O–H groups in total. The summed E-state index contributed by atoms with van der Waals surface area (Å²) in [6.45, 7) is 3.31. The highest BCUT2D eigenvalue weighted by Crippen LogP contribution is 2.34. The highest BCUT2D eigenvalue weighted by molar-refractivity contribution is 5.36. The molecular formula is C14H21N3O2. The van der Waals surface area contributed by atoms with Crippen LogP contribution in [-0.2, 0) is 6.54 Å². The van der Waals surface area contributed by atoms with Crippen LogP contribution in [0.1, 0.15) is 12.0 Å². The van der Waals surface area contributed by atoms with Gasteiger partial charge in [0.2, 0.25) is 0 Å². The van der Waals surface area contributed by atoms with Crippen molar-refractivity contribution in [1.82, 2.24) is 14.8 Å². The molecule has 0 aliphatic carbocycles. The fourth-order valence-electron chi connectivity index (χ4n) is 3.23. The molecule has 1 aromatic rings. The van der Waals surface area contributed by atoms with E-state index in [0.29, 0.717) is 23.7 Å². The summed E-state index contributed by atoms with van der Waals surface area (Å²) in [6, 6.07) is 3.44. The zero-order valence-corrected chi connectivity index (χ0v) is 11.8. The van der Waals surface area contributed by atoms with Gasteiger partial charge in [-0.25, -0.2) is 4.98 Å². The van der Waals surface area contributed by atoms with Gasteiger partial charge in [0, 0.05) is 37.9 Å². The summed E-state index contributed by atoms with van der Waals surface area (Å²) in [5, 5.41) is 0. The lowest BCUT2D eigenvalue weighted by molar-refractivity contribution is -0.0669. The standard InChI is InChI=1S/C14H21N3O2/c1-16-8-11-5-12(9-16)17(11)7-10-4-13(18-2)14(19-3)15-6-10/h4,6,11-12H,5,7-9H2,1-3H3. The smallest absolute Gasteiger partial charge is 0.256 e. The van der Waals surface area contributed by atoms with E-state index in [1.54, 1.807) is 14.2 Å². The monoisotopic (exact) mass is 263 g/mol. The van der Waals surface area contributed by atoms with Crippen LogP contribution in [0.3, 0.4) is 0 Å². The van der Waals surface area contributed by atoms with Gasteiger partial charge >= 0.3 is 0 Å². The van der Waals surface area contributed by atoms with Crippen molar-refractivity contribution >= 4 is 0 Å². The molecule has 2 bridgehead atoms. The van der Waals surface area contributed by atoms with Crippen molar-refractivity contribution in [3.8, 4) is 11.6 Å². The molecule has 19 heavy (non-hydrogen) atoms. The van der Waals surface area contributed by atoms with E-state index in [9.17, 15) is 0 Å². The van der Waals surface area contributed by atoms with Crippen molar-refractivity contribution in [3.05, 3.63) is 17.8 Å².